The van der Waals surface area contributed by atoms with E-state index in [-0.39, 0.29) is 27.1 Å². The highest BCUT2D eigenvalue weighted by atomic mass is 35.5. The number of halogens is 2. The minimum atomic E-state index is -1.12. The number of fused-ring (bicyclic) bond motifs is 1. The van der Waals surface area contributed by atoms with Crippen LogP contribution in [0.25, 0.3) is 0 Å². The van der Waals surface area contributed by atoms with Crippen molar-refractivity contribution in [3.8, 4) is 0 Å². The van der Waals surface area contributed by atoms with Crippen molar-refractivity contribution in [1.29, 1.82) is 0 Å². The van der Waals surface area contributed by atoms with E-state index < -0.39 is 23.8 Å². The Balaban J connectivity index is 1.48. The Labute approximate surface area is 198 Å². The fourth-order valence-corrected chi connectivity index (χ4v) is 3.67. The number of carbonyl (C=O) groups excluding carboxylic acids is 4. The van der Waals surface area contributed by atoms with Gasteiger partial charge in [-0.15, -0.1) is 0 Å². The SMILES string of the molecule is CC(C(=O)Nc1cccc(C(=O)Nc2ccncc2)c1)N1C(=O)c2cc(Cl)c(Cl)cc2C1=O. The molecule has 0 bridgehead atoms. The van der Waals surface area contributed by atoms with E-state index in [1.807, 2.05) is 0 Å². The molecule has 1 aliphatic rings. The number of aromatic nitrogens is 1. The van der Waals surface area contributed by atoms with E-state index in [0.29, 0.717) is 16.9 Å². The van der Waals surface area contributed by atoms with Crippen LogP contribution in [0, 0.1) is 0 Å². The fraction of sp³-hybridized carbons (Fsp3) is 0.0870. The first-order valence-electron chi connectivity index (χ1n) is 9.75. The Hall–Kier alpha value is -3.75. The van der Waals surface area contributed by atoms with Gasteiger partial charge in [0.25, 0.3) is 17.7 Å². The highest BCUT2D eigenvalue weighted by molar-refractivity contribution is 6.43. The molecular formula is C23H16Cl2N4O4. The fourth-order valence-electron chi connectivity index (χ4n) is 3.34. The van der Waals surface area contributed by atoms with Crippen molar-refractivity contribution in [3.63, 3.8) is 0 Å². The van der Waals surface area contributed by atoms with Gasteiger partial charge in [-0.05, 0) is 49.4 Å². The van der Waals surface area contributed by atoms with Gasteiger partial charge in [-0.1, -0.05) is 29.3 Å². The quantitative estimate of drug-likeness (QED) is 0.528. The van der Waals surface area contributed by atoms with Gasteiger partial charge in [-0.2, -0.15) is 0 Å². The summed E-state index contributed by atoms with van der Waals surface area (Å²) in [6.07, 6.45) is 3.10. The summed E-state index contributed by atoms with van der Waals surface area (Å²) in [5, 5.41) is 5.64. The smallest absolute Gasteiger partial charge is 0.262 e. The number of amides is 4. The monoisotopic (exact) mass is 482 g/mol. The van der Waals surface area contributed by atoms with Crippen LogP contribution in [0.1, 0.15) is 38.0 Å². The summed E-state index contributed by atoms with van der Waals surface area (Å²) in [6, 6.07) is 11.1. The van der Waals surface area contributed by atoms with Crippen LogP contribution in [0.5, 0.6) is 0 Å². The van der Waals surface area contributed by atoms with E-state index in [2.05, 4.69) is 15.6 Å². The molecule has 3 aromatic rings. The lowest BCUT2D eigenvalue weighted by molar-refractivity contribution is -0.119. The number of carbonyl (C=O) groups is 4. The number of pyridine rings is 1. The van der Waals surface area contributed by atoms with Crippen molar-refractivity contribution in [2.45, 2.75) is 13.0 Å². The third-order valence-corrected chi connectivity index (χ3v) is 5.78. The molecule has 0 saturated heterocycles. The maximum Gasteiger partial charge on any atom is 0.262 e. The lowest BCUT2D eigenvalue weighted by atomic mass is 10.1. The summed E-state index contributed by atoms with van der Waals surface area (Å²) in [6.45, 7) is 1.43. The number of benzene rings is 2. The molecule has 0 saturated carbocycles. The minimum absolute atomic E-state index is 0.0869. The zero-order valence-electron chi connectivity index (χ0n) is 17.1. The summed E-state index contributed by atoms with van der Waals surface area (Å²) >= 11 is 11.9. The van der Waals surface area contributed by atoms with Crippen LogP contribution >= 0.6 is 23.2 Å². The van der Waals surface area contributed by atoms with Crippen LogP contribution < -0.4 is 10.6 Å². The normalized spacial score (nSPS) is 13.5. The minimum Gasteiger partial charge on any atom is -0.324 e. The Morgan fingerprint density at radius 1 is 0.879 bits per heavy atom. The number of imide groups is 1. The highest BCUT2D eigenvalue weighted by Gasteiger charge is 2.41. The summed E-state index contributed by atoms with van der Waals surface area (Å²) in [7, 11) is 0. The van der Waals surface area contributed by atoms with Crippen LogP contribution in [-0.2, 0) is 4.79 Å². The van der Waals surface area contributed by atoms with Gasteiger partial charge >= 0.3 is 0 Å². The van der Waals surface area contributed by atoms with E-state index >= 15 is 0 Å². The molecule has 0 radical (unpaired) electrons. The van der Waals surface area contributed by atoms with E-state index in [1.54, 1.807) is 42.7 Å². The van der Waals surface area contributed by atoms with Crippen LogP contribution in [0.2, 0.25) is 10.0 Å². The lowest BCUT2D eigenvalue weighted by Crippen LogP contribution is -2.45. The van der Waals surface area contributed by atoms with Gasteiger partial charge in [0.1, 0.15) is 6.04 Å². The summed E-state index contributed by atoms with van der Waals surface area (Å²) in [5.74, 6) is -2.25. The van der Waals surface area contributed by atoms with Crippen molar-refractivity contribution in [2.24, 2.45) is 0 Å². The van der Waals surface area contributed by atoms with Crippen molar-refractivity contribution in [3.05, 3.63) is 87.7 Å². The molecule has 4 rings (SSSR count). The predicted octanol–water partition coefficient (Wildman–Crippen LogP) is 4.26. The summed E-state index contributed by atoms with van der Waals surface area (Å²) in [5.41, 5.74) is 1.38. The average Bonchev–Trinajstić information content (AvgIpc) is 3.03. The van der Waals surface area contributed by atoms with Gasteiger partial charge in [0, 0.05) is 29.3 Å². The molecule has 166 valence electrons. The van der Waals surface area contributed by atoms with E-state index in [1.165, 1.54) is 25.1 Å². The molecule has 0 fully saturated rings. The van der Waals surface area contributed by atoms with Gasteiger partial charge in [-0.25, -0.2) is 0 Å². The first kappa shape index (κ1) is 22.4. The number of hydrogen-bond acceptors (Lipinski definition) is 5. The van der Waals surface area contributed by atoms with Crippen LogP contribution in [0.15, 0.2) is 60.9 Å². The summed E-state index contributed by atoms with van der Waals surface area (Å²) < 4.78 is 0. The van der Waals surface area contributed by atoms with Crippen molar-refractivity contribution < 1.29 is 19.2 Å². The van der Waals surface area contributed by atoms with Gasteiger partial charge in [0.05, 0.1) is 21.2 Å². The Bertz CT molecular complexity index is 1260. The predicted molar refractivity (Wildman–Crippen MR) is 124 cm³/mol. The standard InChI is InChI=1S/C23H16Cl2N4O4/c1-12(29-22(32)16-10-18(24)19(25)11-17(16)23(29)33)20(30)28-15-4-2-3-13(9-15)21(31)27-14-5-7-26-8-6-14/h2-12H,1H3,(H,28,30)(H,26,27,31). The van der Waals surface area contributed by atoms with Gasteiger partial charge in [0.15, 0.2) is 0 Å². The van der Waals surface area contributed by atoms with Crippen molar-refractivity contribution in [2.75, 3.05) is 10.6 Å². The number of nitrogens with one attached hydrogen (secondary N) is 2. The van der Waals surface area contributed by atoms with Gasteiger partial charge < -0.3 is 10.6 Å². The molecule has 2 aromatic carbocycles. The van der Waals surface area contributed by atoms with Crippen LogP contribution in [0.3, 0.4) is 0 Å². The zero-order chi connectivity index (χ0) is 23.7. The third kappa shape index (κ3) is 4.44. The molecule has 8 nitrogen and oxygen atoms in total. The molecule has 1 aliphatic heterocycles. The topological polar surface area (TPSA) is 108 Å². The van der Waals surface area contributed by atoms with Gasteiger partial charge in [0.2, 0.25) is 5.91 Å². The first-order chi connectivity index (χ1) is 15.8. The molecule has 10 heteroatoms. The Morgan fingerprint density at radius 2 is 1.48 bits per heavy atom. The van der Waals surface area contributed by atoms with E-state index in [0.717, 1.165) is 4.90 Å². The van der Waals surface area contributed by atoms with Gasteiger partial charge in [-0.3, -0.25) is 29.1 Å². The second-order valence-corrected chi connectivity index (χ2v) is 8.04. The molecule has 4 amide bonds. The molecule has 0 spiro atoms. The molecule has 1 aromatic heterocycles. The van der Waals surface area contributed by atoms with Crippen molar-refractivity contribution in [1.82, 2.24) is 9.88 Å². The Kier molecular flexibility index (Phi) is 6.13. The molecule has 2 N–H and O–H groups in total. The molecular weight excluding hydrogens is 467 g/mol. The van der Waals surface area contributed by atoms with Crippen molar-refractivity contribution >= 4 is 58.2 Å². The molecule has 0 aliphatic carbocycles. The zero-order valence-corrected chi connectivity index (χ0v) is 18.6. The largest absolute Gasteiger partial charge is 0.324 e. The van der Waals surface area contributed by atoms with Crippen LogP contribution in [0.4, 0.5) is 11.4 Å². The molecule has 2 heterocycles. The summed E-state index contributed by atoms with van der Waals surface area (Å²) in [4.78, 5) is 55.6. The average molecular weight is 483 g/mol. The second kappa shape index (κ2) is 9.01. The third-order valence-electron chi connectivity index (χ3n) is 5.06. The highest BCUT2D eigenvalue weighted by Crippen LogP contribution is 2.32. The first-order valence-corrected chi connectivity index (χ1v) is 10.5. The second-order valence-electron chi connectivity index (χ2n) is 7.23. The Morgan fingerprint density at radius 3 is 2.09 bits per heavy atom. The lowest BCUT2D eigenvalue weighted by Gasteiger charge is -2.21. The number of anilines is 2. The molecule has 33 heavy (non-hydrogen) atoms. The molecule has 1 unspecified atom stereocenters. The number of hydrogen-bond donors (Lipinski definition) is 2. The van der Waals surface area contributed by atoms with Crippen LogP contribution in [-0.4, -0.2) is 39.6 Å². The van der Waals surface area contributed by atoms with E-state index in [9.17, 15) is 19.2 Å². The maximum absolute atomic E-state index is 12.8. The van der Waals surface area contributed by atoms with E-state index in [4.69, 9.17) is 23.2 Å². The maximum atomic E-state index is 12.8. The molecule has 1 atom stereocenters. The number of rotatable bonds is 5. The number of nitrogens with zero attached hydrogens (tertiary/aromatic N) is 2.